The maximum absolute atomic E-state index is 14.2. The topological polar surface area (TPSA) is 228 Å². The molecule has 2 atom stereocenters. The number of benzene rings is 1. The van der Waals surface area contributed by atoms with Crippen LogP contribution in [0.2, 0.25) is 0 Å². The molecule has 3 aromatic rings. The molecule has 60 heavy (non-hydrogen) atoms. The number of nitrogens with one attached hydrogen (secondary N) is 2. The standard InChI is InChI=1S/C43H56N6O11/c1-8-11-12-13-14-15-35(51)46-32(22-34(44)50)37(52)45-18-19-48(7)40(55)59-43(10-3)30-21-33-36-28(23-49(33)38(53)29(30)24-57-39(43)54)26(9-2)27-20-25(16-17-31(27)47-36)58-41(56)60-42(4,5)6/h16-17,20-21,32H,8-15,18-19,22-24H2,1-7H3,(H2,44,50)(H,45,52)(H,46,51)/t32-,43+/m1/s1. The van der Waals surface area contributed by atoms with Crippen LogP contribution in [0.25, 0.3) is 22.3 Å². The second-order valence-electron chi connectivity index (χ2n) is 16.1. The molecular weight excluding hydrogens is 777 g/mol. The van der Waals surface area contributed by atoms with Crippen LogP contribution in [0.3, 0.4) is 0 Å². The summed E-state index contributed by atoms with van der Waals surface area (Å²) in [6, 6.07) is 5.51. The largest absolute Gasteiger partial charge is 0.514 e. The zero-order valence-electron chi connectivity index (χ0n) is 35.5. The van der Waals surface area contributed by atoms with Gasteiger partial charge in [-0.3, -0.25) is 19.2 Å². The third kappa shape index (κ3) is 10.1. The average molecular weight is 833 g/mol. The first kappa shape index (κ1) is 45.1. The van der Waals surface area contributed by atoms with Crippen LogP contribution < -0.4 is 26.7 Å². The van der Waals surface area contributed by atoms with Crippen LogP contribution in [0.4, 0.5) is 9.59 Å². The van der Waals surface area contributed by atoms with E-state index >= 15 is 0 Å². The van der Waals surface area contributed by atoms with Crippen LogP contribution >= 0.6 is 0 Å². The lowest BCUT2D eigenvalue weighted by Crippen LogP contribution is -2.51. The van der Waals surface area contributed by atoms with Gasteiger partial charge in [0.1, 0.15) is 24.0 Å². The number of nitrogens with zero attached hydrogens (tertiary/aromatic N) is 3. The average Bonchev–Trinajstić information content (AvgIpc) is 3.55. The minimum Gasteiger partial charge on any atom is -0.457 e. The SMILES string of the molecule is CCCCCCCC(=O)N[C@H](CC(N)=O)C(=O)NCCN(C)C(=O)O[C@]1(CC)C(=O)OCc2c1cc1n(c2=O)Cc2c-1nc1ccc(OC(=O)OC(C)(C)C)cc1c2CC. The fourth-order valence-electron chi connectivity index (χ4n) is 7.49. The van der Waals surface area contributed by atoms with E-state index in [1.165, 1.54) is 7.05 Å². The highest BCUT2D eigenvalue weighted by Gasteiger charge is 2.51. The Kier molecular flexibility index (Phi) is 14.2. The number of fused-ring (bicyclic) bond motifs is 5. The van der Waals surface area contributed by atoms with Gasteiger partial charge in [0, 0.05) is 43.1 Å². The van der Waals surface area contributed by atoms with Crippen molar-refractivity contribution in [3.05, 3.63) is 56.9 Å². The van der Waals surface area contributed by atoms with Gasteiger partial charge in [-0.2, -0.15) is 0 Å². The Bertz CT molecular complexity index is 2230. The maximum Gasteiger partial charge on any atom is 0.514 e. The van der Waals surface area contributed by atoms with Gasteiger partial charge in [-0.15, -0.1) is 0 Å². The molecule has 4 heterocycles. The Morgan fingerprint density at radius 1 is 1.03 bits per heavy atom. The molecule has 2 aliphatic heterocycles. The second kappa shape index (κ2) is 18.9. The molecule has 4 amide bonds. The van der Waals surface area contributed by atoms with E-state index in [-0.39, 0.29) is 61.9 Å². The van der Waals surface area contributed by atoms with Gasteiger partial charge in [0.15, 0.2) is 0 Å². The van der Waals surface area contributed by atoms with E-state index in [0.29, 0.717) is 29.7 Å². The van der Waals surface area contributed by atoms with Crippen LogP contribution in [0.1, 0.15) is 115 Å². The fraction of sp³-hybridized carbons (Fsp3) is 0.535. The predicted octanol–water partition coefficient (Wildman–Crippen LogP) is 4.87. The summed E-state index contributed by atoms with van der Waals surface area (Å²) < 4.78 is 23.8. The Labute approximate surface area is 348 Å². The van der Waals surface area contributed by atoms with Gasteiger partial charge in [-0.25, -0.2) is 19.4 Å². The summed E-state index contributed by atoms with van der Waals surface area (Å²) in [5.74, 6) is -2.37. The first-order valence-electron chi connectivity index (χ1n) is 20.5. The molecule has 4 N–H and O–H groups in total. The number of ether oxygens (including phenoxy) is 4. The van der Waals surface area contributed by atoms with Crippen molar-refractivity contribution in [2.75, 3.05) is 20.1 Å². The quantitative estimate of drug-likeness (QED) is 0.0561. The summed E-state index contributed by atoms with van der Waals surface area (Å²) in [7, 11) is 1.41. The molecule has 0 spiro atoms. The van der Waals surface area contributed by atoms with Gasteiger partial charge < -0.3 is 44.8 Å². The third-order valence-corrected chi connectivity index (χ3v) is 10.6. The molecule has 2 aromatic heterocycles. The number of cyclic esters (lactones) is 1. The van der Waals surface area contributed by atoms with Crippen molar-refractivity contribution in [2.45, 2.75) is 130 Å². The molecule has 0 fully saturated rings. The van der Waals surface area contributed by atoms with E-state index in [9.17, 15) is 33.6 Å². The van der Waals surface area contributed by atoms with Gasteiger partial charge in [0.05, 0.1) is 35.4 Å². The van der Waals surface area contributed by atoms with Crippen LogP contribution in [-0.2, 0) is 58.6 Å². The summed E-state index contributed by atoms with van der Waals surface area (Å²) in [4.78, 5) is 97.2. The number of primary amides is 1. The summed E-state index contributed by atoms with van der Waals surface area (Å²) in [5.41, 5.74) is 5.78. The predicted molar refractivity (Wildman–Crippen MR) is 220 cm³/mol. The Morgan fingerprint density at radius 3 is 2.43 bits per heavy atom. The Morgan fingerprint density at radius 2 is 1.77 bits per heavy atom. The third-order valence-electron chi connectivity index (χ3n) is 10.6. The molecule has 5 rings (SSSR count). The van der Waals surface area contributed by atoms with E-state index in [0.717, 1.165) is 47.1 Å². The van der Waals surface area contributed by atoms with Gasteiger partial charge in [-0.05, 0) is 69.9 Å². The highest BCUT2D eigenvalue weighted by Crippen LogP contribution is 2.42. The van der Waals surface area contributed by atoms with Crippen LogP contribution in [-0.4, -0.2) is 82.2 Å². The zero-order chi connectivity index (χ0) is 43.9. The number of aryl methyl sites for hydroxylation is 1. The molecule has 0 saturated carbocycles. The molecule has 17 nitrogen and oxygen atoms in total. The van der Waals surface area contributed by atoms with E-state index in [2.05, 4.69) is 17.6 Å². The van der Waals surface area contributed by atoms with Crippen molar-refractivity contribution in [1.29, 1.82) is 0 Å². The molecule has 0 aliphatic carbocycles. The number of carbonyl (C=O) groups is 6. The number of amides is 4. The van der Waals surface area contributed by atoms with Crippen LogP contribution in [0.5, 0.6) is 5.75 Å². The van der Waals surface area contributed by atoms with E-state index in [1.54, 1.807) is 56.5 Å². The van der Waals surface area contributed by atoms with Gasteiger partial charge in [0.2, 0.25) is 23.3 Å². The number of hydrogen-bond donors (Lipinski definition) is 3. The van der Waals surface area contributed by atoms with Crippen molar-refractivity contribution in [3.8, 4) is 17.1 Å². The number of aromatic nitrogens is 2. The minimum atomic E-state index is -1.98. The van der Waals surface area contributed by atoms with Crippen molar-refractivity contribution in [2.24, 2.45) is 5.73 Å². The number of likely N-dealkylation sites (N-methyl/N-ethyl adjacent to an activating group) is 1. The Hall–Kier alpha value is -6.00. The molecule has 0 unspecified atom stereocenters. The van der Waals surface area contributed by atoms with Gasteiger partial charge in [-0.1, -0.05) is 46.5 Å². The maximum atomic E-state index is 14.2. The molecule has 2 aliphatic rings. The summed E-state index contributed by atoms with van der Waals surface area (Å²) in [6.45, 7) is 10.6. The van der Waals surface area contributed by atoms with Crippen molar-refractivity contribution in [3.63, 3.8) is 0 Å². The number of hydrogen-bond acceptors (Lipinski definition) is 12. The van der Waals surface area contributed by atoms with E-state index in [1.807, 2.05) is 6.92 Å². The smallest absolute Gasteiger partial charge is 0.457 e. The van der Waals surface area contributed by atoms with Crippen LogP contribution in [0, 0.1) is 0 Å². The van der Waals surface area contributed by atoms with Crippen molar-refractivity contribution >= 4 is 46.8 Å². The molecular formula is C43H56N6O11. The zero-order valence-corrected chi connectivity index (χ0v) is 35.5. The number of esters is 1. The summed E-state index contributed by atoms with van der Waals surface area (Å²) in [6.07, 6.45) is 3.18. The first-order valence-corrected chi connectivity index (χ1v) is 20.5. The molecule has 0 radical (unpaired) electrons. The lowest BCUT2D eigenvalue weighted by molar-refractivity contribution is -0.173. The van der Waals surface area contributed by atoms with E-state index in [4.69, 9.17) is 29.7 Å². The fourth-order valence-corrected chi connectivity index (χ4v) is 7.49. The number of nitrogens with two attached hydrogens (primary N) is 1. The number of unbranched alkanes of at least 4 members (excludes halogenated alkanes) is 4. The van der Waals surface area contributed by atoms with Gasteiger partial charge in [0.25, 0.3) is 5.56 Å². The molecule has 17 heteroatoms. The molecule has 0 saturated heterocycles. The first-order chi connectivity index (χ1) is 28.4. The molecule has 0 bridgehead atoms. The highest BCUT2D eigenvalue weighted by atomic mass is 16.7. The highest BCUT2D eigenvalue weighted by molar-refractivity contribution is 5.92. The second-order valence-corrected chi connectivity index (χ2v) is 16.1. The van der Waals surface area contributed by atoms with Gasteiger partial charge >= 0.3 is 18.2 Å². The Balaban J connectivity index is 1.34. The monoisotopic (exact) mass is 832 g/mol. The minimum absolute atomic E-state index is 0.0657. The van der Waals surface area contributed by atoms with Crippen LogP contribution in [0.15, 0.2) is 29.1 Å². The summed E-state index contributed by atoms with van der Waals surface area (Å²) in [5, 5.41) is 5.93. The number of rotatable bonds is 17. The lowest BCUT2D eigenvalue weighted by atomic mass is 9.85. The normalized spacial score (nSPS) is 15.8. The van der Waals surface area contributed by atoms with Crippen molar-refractivity contribution in [1.82, 2.24) is 25.1 Å². The lowest BCUT2D eigenvalue weighted by Gasteiger charge is -2.36. The molecule has 324 valence electrons. The van der Waals surface area contributed by atoms with E-state index < -0.39 is 59.3 Å². The summed E-state index contributed by atoms with van der Waals surface area (Å²) >= 11 is 0. The van der Waals surface area contributed by atoms with Crippen molar-refractivity contribution < 1.29 is 47.7 Å². The number of pyridine rings is 2. The number of carbonyl (C=O) groups excluding carboxylic acids is 6. The molecule has 1 aromatic carbocycles.